The van der Waals surface area contributed by atoms with Gasteiger partial charge in [-0.3, -0.25) is 9.59 Å². The number of aliphatic carboxylic acids is 1. The van der Waals surface area contributed by atoms with Crippen LogP contribution in [0.1, 0.15) is 59.3 Å². The van der Waals surface area contributed by atoms with E-state index in [1.807, 2.05) is 0 Å². The van der Waals surface area contributed by atoms with Crippen molar-refractivity contribution in [1.29, 1.82) is 0 Å². The normalized spacial score (nSPS) is 8.94. The van der Waals surface area contributed by atoms with Crippen LogP contribution in [0.25, 0.3) is 0 Å². The molecule has 0 fully saturated rings. The molecule has 0 bridgehead atoms. The van der Waals surface area contributed by atoms with Gasteiger partial charge in [0.25, 0.3) is 0 Å². The van der Waals surface area contributed by atoms with E-state index in [1.54, 1.807) is 6.92 Å². The number of carbonyl (C=O) groups excluding carboxylic acids is 1. The molecule has 0 aliphatic heterocycles. The summed E-state index contributed by atoms with van der Waals surface area (Å²) in [5.41, 5.74) is 0. The molecule has 0 rings (SSSR count). The topological polar surface area (TPSA) is 63.6 Å². The summed E-state index contributed by atoms with van der Waals surface area (Å²) in [5, 5.41) is 8.01. The summed E-state index contributed by atoms with van der Waals surface area (Å²) >= 11 is 0. The van der Waals surface area contributed by atoms with Gasteiger partial charge in [0.2, 0.25) is 0 Å². The van der Waals surface area contributed by atoms with Crippen molar-refractivity contribution in [2.75, 3.05) is 6.61 Å². The van der Waals surface area contributed by atoms with Crippen LogP contribution in [0.4, 0.5) is 0 Å². The standard InChI is InChI=1S/C7H16.C5H8O4/c1-3-5-7-6-4-2;1-2-9-5(8)3-4(6)7/h3-7H2,1-2H3;2-3H2,1H3,(H,6,7). The van der Waals surface area contributed by atoms with Crippen LogP contribution >= 0.6 is 0 Å². The second-order valence-electron chi connectivity index (χ2n) is 3.44. The highest BCUT2D eigenvalue weighted by Gasteiger charge is 2.06. The van der Waals surface area contributed by atoms with Crippen LogP contribution in [0.3, 0.4) is 0 Å². The molecule has 0 amide bonds. The molecule has 0 aromatic heterocycles. The van der Waals surface area contributed by atoms with Gasteiger partial charge in [-0.2, -0.15) is 0 Å². The highest BCUT2D eigenvalue weighted by molar-refractivity contribution is 5.90. The van der Waals surface area contributed by atoms with Gasteiger partial charge in [-0.15, -0.1) is 0 Å². The third-order valence-electron chi connectivity index (χ3n) is 1.81. The maximum absolute atomic E-state index is 10.3. The predicted octanol–water partition coefficient (Wildman–Crippen LogP) is 3.00. The molecular formula is C12H24O4. The zero-order valence-electron chi connectivity index (χ0n) is 10.6. The molecule has 1 N–H and O–H groups in total. The van der Waals surface area contributed by atoms with E-state index in [1.165, 1.54) is 32.1 Å². The van der Waals surface area contributed by atoms with E-state index >= 15 is 0 Å². The fourth-order valence-corrected chi connectivity index (χ4v) is 1.01. The van der Waals surface area contributed by atoms with Gasteiger partial charge >= 0.3 is 11.9 Å². The largest absolute Gasteiger partial charge is 0.481 e. The van der Waals surface area contributed by atoms with E-state index in [0.717, 1.165) is 0 Å². The molecule has 0 unspecified atom stereocenters. The summed E-state index contributed by atoms with van der Waals surface area (Å²) in [6, 6.07) is 0. The van der Waals surface area contributed by atoms with E-state index in [4.69, 9.17) is 5.11 Å². The maximum Gasteiger partial charge on any atom is 0.317 e. The Balaban J connectivity index is 0. The van der Waals surface area contributed by atoms with Gasteiger partial charge in [0.05, 0.1) is 6.61 Å². The fourth-order valence-electron chi connectivity index (χ4n) is 1.01. The Bertz CT molecular complexity index is 174. The summed E-state index contributed by atoms with van der Waals surface area (Å²) in [6.45, 7) is 6.34. The lowest BCUT2D eigenvalue weighted by Crippen LogP contribution is -2.09. The van der Waals surface area contributed by atoms with Crippen LogP contribution < -0.4 is 0 Å². The molecule has 0 spiro atoms. The molecule has 0 radical (unpaired) electrons. The van der Waals surface area contributed by atoms with Crippen LogP contribution in [0.2, 0.25) is 0 Å². The second-order valence-corrected chi connectivity index (χ2v) is 3.44. The smallest absolute Gasteiger partial charge is 0.317 e. The molecular weight excluding hydrogens is 208 g/mol. The summed E-state index contributed by atoms with van der Waals surface area (Å²) in [5.74, 6) is -1.85. The highest BCUT2D eigenvalue weighted by Crippen LogP contribution is 2.00. The summed E-state index contributed by atoms with van der Waals surface area (Å²) in [6.07, 6.45) is 6.46. The Labute approximate surface area is 98.0 Å². The average molecular weight is 232 g/mol. The second kappa shape index (κ2) is 13.9. The van der Waals surface area contributed by atoms with Gasteiger partial charge in [-0.05, 0) is 6.92 Å². The minimum Gasteiger partial charge on any atom is -0.481 e. The minimum atomic E-state index is -1.16. The average Bonchev–Trinajstić information content (AvgIpc) is 2.18. The first-order chi connectivity index (χ1) is 7.58. The van der Waals surface area contributed by atoms with Gasteiger partial charge in [0.15, 0.2) is 0 Å². The fraction of sp³-hybridized carbons (Fsp3) is 0.833. The quantitative estimate of drug-likeness (QED) is 0.416. The molecule has 0 aromatic carbocycles. The lowest BCUT2D eigenvalue weighted by molar-refractivity contribution is -0.150. The van der Waals surface area contributed by atoms with E-state index < -0.39 is 18.4 Å². The van der Waals surface area contributed by atoms with Gasteiger partial charge in [-0.25, -0.2) is 0 Å². The molecule has 0 aliphatic rings. The number of hydrogen-bond acceptors (Lipinski definition) is 3. The molecule has 0 atom stereocenters. The number of carboxylic acid groups (broad SMARTS) is 1. The molecule has 16 heavy (non-hydrogen) atoms. The number of hydrogen-bond donors (Lipinski definition) is 1. The molecule has 96 valence electrons. The predicted molar refractivity (Wildman–Crippen MR) is 63.3 cm³/mol. The van der Waals surface area contributed by atoms with Crippen molar-refractivity contribution >= 4 is 11.9 Å². The first-order valence-electron chi connectivity index (χ1n) is 5.95. The van der Waals surface area contributed by atoms with Crippen molar-refractivity contribution in [3.8, 4) is 0 Å². The molecule has 0 saturated heterocycles. The van der Waals surface area contributed by atoms with Gasteiger partial charge in [-0.1, -0.05) is 46.0 Å². The number of unbranched alkanes of at least 4 members (excludes halogenated alkanes) is 4. The van der Waals surface area contributed by atoms with Gasteiger partial charge in [0, 0.05) is 0 Å². The van der Waals surface area contributed by atoms with Crippen molar-refractivity contribution in [2.24, 2.45) is 0 Å². The van der Waals surface area contributed by atoms with E-state index in [2.05, 4.69) is 18.6 Å². The number of carboxylic acids is 1. The van der Waals surface area contributed by atoms with Crippen LogP contribution in [-0.4, -0.2) is 23.7 Å². The molecule has 0 aromatic rings. The van der Waals surface area contributed by atoms with Crippen LogP contribution in [0.15, 0.2) is 0 Å². The number of carbonyl (C=O) groups is 2. The number of esters is 1. The van der Waals surface area contributed by atoms with Gasteiger partial charge in [0.1, 0.15) is 6.42 Å². The Morgan fingerprint density at radius 3 is 1.81 bits per heavy atom. The molecule has 0 aliphatic carbocycles. The van der Waals surface area contributed by atoms with Crippen LogP contribution in [0.5, 0.6) is 0 Å². The monoisotopic (exact) mass is 232 g/mol. The summed E-state index contributed by atoms with van der Waals surface area (Å²) in [4.78, 5) is 20.0. The van der Waals surface area contributed by atoms with Crippen molar-refractivity contribution in [3.63, 3.8) is 0 Å². The molecule has 4 nitrogen and oxygen atoms in total. The van der Waals surface area contributed by atoms with E-state index in [9.17, 15) is 9.59 Å². The molecule has 0 saturated carbocycles. The molecule has 4 heteroatoms. The summed E-state index contributed by atoms with van der Waals surface area (Å²) in [7, 11) is 0. The van der Waals surface area contributed by atoms with Crippen LogP contribution in [-0.2, 0) is 14.3 Å². The first-order valence-corrected chi connectivity index (χ1v) is 5.95. The number of ether oxygens (including phenoxy) is 1. The van der Waals surface area contributed by atoms with Crippen molar-refractivity contribution < 1.29 is 19.4 Å². The Morgan fingerprint density at radius 1 is 1.00 bits per heavy atom. The lowest BCUT2D eigenvalue weighted by atomic mass is 10.2. The maximum atomic E-state index is 10.3. The Morgan fingerprint density at radius 2 is 1.50 bits per heavy atom. The Kier molecular flexibility index (Phi) is 15.1. The highest BCUT2D eigenvalue weighted by atomic mass is 16.5. The van der Waals surface area contributed by atoms with Crippen molar-refractivity contribution in [3.05, 3.63) is 0 Å². The third-order valence-corrected chi connectivity index (χ3v) is 1.81. The summed E-state index contributed by atoms with van der Waals surface area (Å²) < 4.78 is 4.33. The van der Waals surface area contributed by atoms with Crippen molar-refractivity contribution in [2.45, 2.75) is 59.3 Å². The van der Waals surface area contributed by atoms with Crippen molar-refractivity contribution in [1.82, 2.24) is 0 Å². The minimum absolute atomic E-state index is 0.228. The zero-order valence-corrected chi connectivity index (χ0v) is 10.6. The first kappa shape index (κ1) is 17.3. The van der Waals surface area contributed by atoms with Crippen LogP contribution in [0, 0.1) is 0 Å². The third kappa shape index (κ3) is 18.7. The lowest BCUT2D eigenvalue weighted by Gasteiger charge is -1.95. The Hall–Kier alpha value is -1.06. The molecule has 0 heterocycles. The van der Waals surface area contributed by atoms with E-state index in [0.29, 0.717) is 0 Å². The van der Waals surface area contributed by atoms with Gasteiger partial charge < -0.3 is 9.84 Å². The SMILES string of the molecule is CCCCCCC.CCOC(=O)CC(=O)O. The van der Waals surface area contributed by atoms with E-state index in [-0.39, 0.29) is 6.61 Å². The zero-order chi connectivity index (χ0) is 12.8. The number of rotatable bonds is 7.